The molecule has 0 aliphatic heterocycles. The van der Waals surface area contributed by atoms with Gasteiger partial charge in [-0.3, -0.25) is 4.68 Å². The molecule has 0 saturated carbocycles. The lowest BCUT2D eigenvalue weighted by Gasteiger charge is -2.12. The van der Waals surface area contributed by atoms with Gasteiger partial charge in [0, 0.05) is 26.7 Å². The largest absolute Gasteiger partial charge is 0.421 e. The van der Waals surface area contributed by atoms with Gasteiger partial charge in [0.25, 0.3) is 0 Å². The Hall–Kier alpha value is -2.38. The van der Waals surface area contributed by atoms with Crippen LogP contribution in [0.4, 0.5) is 11.9 Å². The fourth-order valence-corrected chi connectivity index (χ4v) is 1.59. The van der Waals surface area contributed by atoms with Crippen molar-refractivity contribution >= 4 is 11.9 Å². The zero-order valence-corrected chi connectivity index (χ0v) is 13.0. The zero-order chi connectivity index (χ0) is 15.4. The Labute approximate surface area is 124 Å². The van der Waals surface area contributed by atoms with E-state index < -0.39 is 0 Å². The van der Waals surface area contributed by atoms with Crippen LogP contribution >= 0.6 is 0 Å². The Morgan fingerprint density at radius 1 is 1.29 bits per heavy atom. The summed E-state index contributed by atoms with van der Waals surface area (Å²) in [5.41, 5.74) is 0. The smallest absolute Gasteiger partial charge is 0.328 e. The molecule has 2 rings (SSSR count). The van der Waals surface area contributed by atoms with Crippen molar-refractivity contribution in [1.82, 2.24) is 24.7 Å². The third-order valence-electron chi connectivity index (χ3n) is 2.65. The highest BCUT2D eigenvalue weighted by Gasteiger charge is 2.11. The van der Waals surface area contributed by atoms with Gasteiger partial charge in [0.05, 0.1) is 12.4 Å². The van der Waals surface area contributed by atoms with Gasteiger partial charge in [0.1, 0.15) is 0 Å². The van der Waals surface area contributed by atoms with E-state index in [2.05, 4.69) is 25.4 Å². The van der Waals surface area contributed by atoms with Gasteiger partial charge in [-0.1, -0.05) is 0 Å². The SMILES string of the molecule is CCNc1nc(Oc2cnn(C(C)C)c2)nc(N(C)C)n1. The van der Waals surface area contributed by atoms with Crippen LogP contribution in [0.3, 0.4) is 0 Å². The van der Waals surface area contributed by atoms with Crippen molar-refractivity contribution in [2.45, 2.75) is 26.8 Å². The summed E-state index contributed by atoms with van der Waals surface area (Å²) in [5.74, 6) is 1.62. The van der Waals surface area contributed by atoms with E-state index in [9.17, 15) is 0 Å². The first-order chi connectivity index (χ1) is 9.99. The Morgan fingerprint density at radius 2 is 2.05 bits per heavy atom. The lowest BCUT2D eigenvalue weighted by molar-refractivity contribution is 0.438. The molecule has 1 N–H and O–H groups in total. The molecular formula is C13H21N7O. The fourth-order valence-electron chi connectivity index (χ4n) is 1.59. The predicted molar refractivity (Wildman–Crippen MR) is 81.0 cm³/mol. The van der Waals surface area contributed by atoms with Gasteiger partial charge in [-0.2, -0.15) is 20.1 Å². The first-order valence-corrected chi connectivity index (χ1v) is 6.89. The van der Waals surface area contributed by atoms with Crippen LogP contribution in [-0.2, 0) is 0 Å². The lowest BCUT2D eigenvalue weighted by Crippen LogP contribution is -2.15. The minimum Gasteiger partial charge on any atom is -0.421 e. The third-order valence-corrected chi connectivity index (χ3v) is 2.65. The molecule has 8 nitrogen and oxygen atoms in total. The molecular weight excluding hydrogens is 270 g/mol. The van der Waals surface area contributed by atoms with Crippen molar-refractivity contribution in [1.29, 1.82) is 0 Å². The molecule has 0 aliphatic carbocycles. The van der Waals surface area contributed by atoms with Gasteiger partial charge in [-0.25, -0.2) is 0 Å². The molecule has 0 fully saturated rings. The number of ether oxygens (including phenoxy) is 1. The second-order valence-electron chi connectivity index (χ2n) is 5.02. The molecule has 0 saturated heterocycles. The van der Waals surface area contributed by atoms with Gasteiger partial charge in [-0.15, -0.1) is 0 Å². The van der Waals surface area contributed by atoms with Crippen LogP contribution in [0.15, 0.2) is 12.4 Å². The normalized spacial score (nSPS) is 10.8. The number of hydrogen-bond donors (Lipinski definition) is 1. The monoisotopic (exact) mass is 291 g/mol. The van der Waals surface area contributed by atoms with Crippen molar-refractivity contribution < 1.29 is 4.74 Å². The summed E-state index contributed by atoms with van der Waals surface area (Å²) >= 11 is 0. The van der Waals surface area contributed by atoms with Crippen LogP contribution in [0.5, 0.6) is 11.8 Å². The molecule has 0 aliphatic rings. The van der Waals surface area contributed by atoms with E-state index in [0.29, 0.717) is 17.6 Å². The summed E-state index contributed by atoms with van der Waals surface area (Å²) in [6, 6.07) is 0.517. The second kappa shape index (κ2) is 6.38. The molecule has 114 valence electrons. The number of anilines is 2. The number of nitrogens with zero attached hydrogens (tertiary/aromatic N) is 6. The van der Waals surface area contributed by atoms with E-state index in [1.54, 1.807) is 11.1 Å². The minimum absolute atomic E-state index is 0.243. The summed E-state index contributed by atoms with van der Waals surface area (Å²) in [5, 5.41) is 7.29. The van der Waals surface area contributed by atoms with Crippen LogP contribution in [0.25, 0.3) is 0 Å². The topological polar surface area (TPSA) is 81.0 Å². The van der Waals surface area contributed by atoms with Gasteiger partial charge < -0.3 is 15.0 Å². The van der Waals surface area contributed by atoms with Crippen LogP contribution in [0, 0.1) is 0 Å². The average molecular weight is 291 g/mol. The number of hydrogen-bond acceptors (Lipinski definition) is 7. The van der Waals surface area contributed by atoms with Gasteiger partial charge >= 0.3 is 6.01 Å². The summed E-state index contributed by atoms with van der Waals surface area (Å²) in [4.78, 5) is 14.6. The molecule has 0 spiro atoms. The van der Waals surface area contributed by atoms with Crippen LogP contribution in [-0.4, -0.2) is 45.4 Å². The molecule has 0 aromatic carbocycles. The summed E-state index contributed by atoms with van der Waals surface area (Å²) in [7, 11) is 3.73. The molecule has 0 unspecified atom stereocenters. The third kappa shape index (κ3) is 3.80. The minimum atomic E-state index is 0.243. The highest BCUT2D eigenvalue weighted by atomic mass is 16.5. The van der Waals surface area contributed by atoms with E-state index >= 15 is 0 Å². The van der Waals surface area contributed by atoms with E-state index in [-0.39, 0.29) is 12.1 Å². The molecule has 8 heteroatoms. The summed E-state index contributed by atoms with van der Waals surface area (Å²) in [6.07, 6.45) is 3.46. The number of rotatable bonds is 6. The van der Waals surface area contributed by atoms with Crippen molar-refractivity contribution in [3.63, 3.8) is 0 Å². The highest BCUT2D eigenvalue weighted by Crippen LogP contribution is 2.21. The number of aromatic nitrogens is 5. The van der Waals surface area contributed by atoms with Crippen molar-refractivity contribution in [2.75, 3.05) is 30.9 Å². The standard InChI is InChI=1S/C13H21N7O/c1-6-14-11-16-12(19(4)5)18-13(17-11)21-10-7-15-20(8-10)9(2)3/h7-9H,6H2,1-5H3,(H,14,16,17,18). The molecule has 21 heavy (non-hydrogen) atoms. The molecule has 0 amide bonds. The van der Waals surface area contributed by atoms with Crippen molar-refractivity contribution in [3.05, 3.63) is 12.4 Å². The van der Waals surface area contributed by atoms with Crippen molar-refractivity contribution in [2.24, 2.45) is 0 Å². The highest BCUT2D eigenvalue weighted by molar-refractivity contribution is 5.37. The maximum absolute atomic E-state index is 5.67. The Morgan fingerprint density at radius 3 is 2.62 bits per heavy atom. The number of nitrogens with one attached hydrogen (secondary N) is 1. The molecule has 0 radical (unpaired) electrons. The van der Waals surface area contributed by atoms with Crippen LogP contribution in [0.1, 0.15) is 26.8 Å². The Kier molecular flexibility index (Phi) is 4.56. The Bertz CT molecular complexity index is 594. The molecule has 0 bridgehead atoms. The first-order valence-electron chi connectivity index (χ1n) is 6.89. The Balaban J connectivity index is 2.24. The lowest BCUT2D eigenvalue weighted by atomic mass is 10.4. The molecule has 2 aromatic heterocycles. The van der Waals surface area contributed by atoms with Gasteiger partial charge in [0.15, 0.2) is 5.75 Å². The summed E-state index contributed by atoms with van der Waals surface area (Å²) in [6.45, 7) is 6.80. The maximum atomic E-state index is 5.67. The first kappa shape index (κ1) is 15.0. The summed E-state index contributed by atoms with van der Waals surface area (Å²) < 4.78 is 7.49. The quantitative estimate of drug-likeness (QED) is 0.871. The molecule has 0 atom stereocenters. The van der Waals surface area contributed by atoms with E-state index in [4.69, 9.17) is 4.74 Å². The van der Waals surface area contributed by atoms with E-state index in [1.807, 2.05) is 45.7 Å². The second-order valence-corrected chi connectivity index (χ2v) is 5.02. The predicted octanol–water partition coefficient (Wildman–Crippen LogP) is 1.94. The van der Waals surface area contributed by atoms with Crippen molar-refractivity contribution in [3.8, 4) is 11.8 Å². The molecule has 2 heterocycles. The van der Waals surface area contributed by atoms with E-state index in [1.165, 1.54) is 0 Å². The van der Waals surface area contributed by atoms with E-state index in [0.717, 1.165) is 6.54 Å². The molecule has 2 aromatic rings. The zero-order valence-electron chi connectivity index (χ0n) is 13.0. The average Bonchev–Trinajstić information content (AvgIpc) is 2.87. The maximum Gasteiger partial charge on any atom is 0.328 e. The van der Waals surface area contributed by atoms with Gasteiger partial charge in [0.2, 0.25) is 11.9 Å². The fraction of sp³-hybridized carbons (Fsp3) is 0.538. The van der Waals surface area contributed by atoms with Crippen LogP contribution < -0.4 is 15.0 Å². The van der Waals surface area contributed by atoms with Crippen LogP contribution in [0.2, 0.25) is 0 Å². The van der Waals surface area contributed by atoms with Gasteiger partial charge in [-0.05, 0) is 20.8 Å².